The zero-order valence-corrected chi connectivity index (χ0v) is 11.2. The number of carbonyl (C=O) groups is 2. The molecule has 1 aromatic carbocycles. The number of nitrogens with zero attached hydrogens (tertiary/aromatic N) is 1. The Morgan fingerprint density at radius 1 is 1.15 bits per heavy atom. The minimum atomic E-state index is -0.877. The van der Waals surface area contributed by atoms with E-state index in [0.29, 0.717) is 6.42 Å². The van der Waals surface area contributed by atoms with Crippen molar-refractivity contribution in [2.45, 2.75) is 19.3 Å². The predicted octanol–water partition coefficient (Wildman–Crippen LogP) is 1.95. The van der Waals surface area contributed by atoms with Gasteiger partial charge in [0.15, 0.2) is 0 Å². The summed E-state index contributed by atoms with van der Waals surface area (Å²) in [6.45, 7) is 2.02. The lowest BCUT2D eigenvalue weighted by molar-refractivity contribution is -0.139. The van der Waals surface area contributed by atoms with E-state index in [-0.39, 0.29) is 11.8 Å². The van der Waals surface area contributed by atoms with Gasteiger partial charge in [-0.1, -0.05) is 12.1 Å². The van der Waals surface area contributed by atoms with E-state index >= 15 is 0 Å². The Balaban J connectivity index is 1.71. The van der Waals surface area contributed by atoms with Gasteiger partial charge in [-0.25, -0.2) is 0 Å². The fourth-order valence-corrected chi connectivity index (χ4v) is 2.80. The Kier molecular flexibility index (Phi) is 3.34. The van der Waals surface area contributed by atoms with E-state index in [1.807, 2.05) is 24.3 Å². The number of rotatable bonds is 4. The molecular formula is C15H18N2O3. The molecule has 2 fully saturated rings. The van der Waals surface area contributed by atoms with Crippen molar-refractivity contribution < 1.29 is 14.7 Å². The summed E-state index contributed by atoms with van der Waals surface area (Å²) in [5.41, 5.74) is 1.82. The van der Waals surface area contributed by atoms with Gasteiger partial charge in [0.25, 0.3) is 0 Å². The van der Waals surface area contributed by atoms with Gasteiger partial charge in [-0.15, -0.1) is 0 Å². The average Bonchev–Trinajstić information content (AvgIpc) is 3.08. The van der Waals surface area contributed by atoms with Gasteiger partial charge < -0.3 is 15.3 Å². The van der Waals surface area contributed by atoms with E-state index in [1.165, 1.54) is 12.8 Å². The van der Waals surface area contributed by atoms with Crippen molar-refractivity contribution in [1.82, 2.24) is 0 Å². The number of carbonyl (C=O) groups excluding carboxylic acids is 1. The SMILES string of the molecule is O=C(O)C1CC1C(=O)Nc1ccccc1N1CCCC1. The van der Waals surface area contributed by atoms with Crippen molar-refractivity contribution >= 4 is 23.3 Å². The second-order valence-electron chi connectivity index (χ2n) is 5.49. The van der Waals surface area contributed by atoms with Gasteiger partial charge >= 0.3 is 5.97 Å². The Labute approximate surface area is 117 Å². The van der Waals surface area contributed by atoms with Crippen molar-refractivity contribution in [3.8, 4) is 0 Å². The molecule has 2 aliphatic rings. The molecule has 1 aliphatic heterocycles. The van der Waals surface area contributed by atoms with Crippen LogP contribution in [0.15, 0.2) is 24.3 Å². The first-order valence-corrected chi connectivity index (χ1v) is 7.04. The van der Waals surface area contributed by atoms with Crippen molar-refractivity contribution in [3.63, 3.8) is 0 Å². The highest BCUT2D eigenvalue weighted by Gasteiger charge is 2.48. The maximum absolute atomic E-state index is 12.1. The Bertz CT molecular complexity index is 538. The summed E-state index contributed by atoms with van der Waals surface area (Å²) in [6.07, 6.45) is 2.80. The van der Waals surface area contributed by atoms with Gasteiger partial charge in [-0.2, -0.15) is 0 Å². The maximum atomic E-state index is 12.1. The van der Waals surface area contributed by atoms with E-state index in [9.17, 15) is 9.59 Å². The van der Waals surface area contributed by atoms with Crippen LogP contribution in [0.3, 0.4) is 0 Å². The van der Waals surface area contributed by atoms with Gasteiger partial charge in [0.05, 0.1) is 23.2 Å². The summed E-state index contributed by atoms with van der Waals surface area (Å²) in [5.74, 6) is -1.94. The van der Waals surface area contributed by atoms with E-state index in [0.717, 1.165) is 24.5 Å². The molecule has 1 aliphatic carbocycles. The molecule has 0 radical (unpaired) electrons. The number of para-hydroxylation sites is 2. The minimum Gasteiger partial charge on any atom is -0.481 e. The molecule has 0 spiro atoms. The first-order valence-electron chi connectivity index (χ1n) is 7.04. The largest absolute Gasteiger partial charge is 0.481 e. The third-order valence-corrected chi connectivity index (χ3v) is 4.05. The third-order valence-electron chi connectivity index (χ3n) is 4.05. The molecular weight excluding hydrogens is 256 g/mol. The smallest absolute Gasteiger partial charge is 0.307 e. The van der Waals surface area contributed by atoms with E-state index in [4.69, 9.17) is 5.11 Å². The molecule has 1 aromatic rings. The van der Waals surface area contributed by atoms with Crippen LogP contribution in [0.2, 0.25) is 0 Å². The zero-order valence-electron chi connectivity index (χ0n) is 11.2. The molecule has 1 amide bonds. The fourth-order valence-electron chi connectivity index (χ4n) is 2.80. The highest BCUT2D eigenvalue weighted by Crippen LogP contribution is 2.40. The van der Waals surface area contributed by atoms with Crippen molar-refractivity contribution in [3.05, 3.63) is 24.3 Å². The van der Waals surface area contributed by atoms with E-state index < -0.39 is 11.9 Å². The Morgan fingerprint density at radius 3 is 2.50 bits per heavy atom. The molecule has 2 atom stereocenters. The first kappa shape index (κ1) is 13.0. The molecule has 2 N–H and O–H groups in total. The summed E-state index contributed by atoms with van der Waals surface area (Å²) in [5, 5.41) is 11.8. The second-order valence-corrected chi connectivity index (χ2v) is 5.49. The normalized spacial score (nSPS) is 24.5. The van der Waals surface area contributed by atoms with Crippen LogP contribution in [0.4, 0.5) is 11.4 Å². The Hall–Kier alpha value is -2.04. The van der Waals surface area contributed by atoms with Crippen molar-refractivity contribution in [1.29, 1.82) is 0 Å². The van der Waals surface area contributed by atoms with Gasteiger partial charge in [0.2, 0.25) is 5.91 Å². The maximum Gasteiger partial charge on any atom is 0.307 e. The Morgan fingerprint density at radius 2 is 1.85 bits per heavy atom. The summed E-state index contributed by atoms with van der Waals surface area (Å²) >= 11 is 0. The van der Waals surface area contributed by atoms with Crippen molar-refractivity contribution in [2.75, 3.05) is 23.3 Å². The minimum absolute atomic E-state index is 0.177. The second kappa shape index (κ2) is 5.15. The molecule has 106 valence electrons. The monoisotopic (exact) mass is 274 g/mol. The van der Waals surface area contributed by atoms with Crippen LogP contribution in [-0.4, -0.2) is 30.1 Å². The molecule has 20 heavy (non-hydrogen) atoms. The van der Waals surface area contributed by atoms with Gasteiger partial charge in [-0.05, 0) is 31.4 Å². The molecule has 2 unspecified atom stereocenters. The van der Waals surface area contributed by atoms with E-state index in [1.54, 1.807) is 0 Å². The van der Waals surface area contributed by atoms with Crippen LogP contribution in [0.5, 0.6) is 0 Å². The molecule has 1 saturated heterocycles. The molecule has 3 rings (SSSR count). The standard InChI is InChI=1S/C15H18N2O3/c18-14(10-9-11(10)15(19)20)16-12-5-1-2-6-13(12)17-7-3-4-8-17/h1-2,5-6,10-11H,3-4,7-9H2,(H,16,18)(H,19,20). The molecule has 5 heteroatoms. The highest BCUT2D eigenvalue weighted by molar-refractivity contribution is 6.00. The number of anilines is 2. The van der Waals surface area contributed by atoms with Crippen LogP contribution in [0, 0.1) is 11.8 Å². The lowest BCUT2D eigenvalue weighted by Gasteiger charge is -2.21. The van der Waals surface area contributed by atoms with Crippen LogP contribution >= 0.6 is 0 Å². The van der Waals surface area contributed by atoms with Crippen LogP contribution < -0.4 is 10.2 Å². The van der Waals surface area contributed by atoms with Crippen LogP contribution in [0.1, 0.15) is 19.3 Å². The van der Waals surface area contributed by atoms with Gasteiger partial charge in [0.1, 0.15) is 0 Å². The number of hydrogen-bond acceptors (Lipinski definition) is 3. The molecule has 0 bridgehead atoms. The topological polar surface area (TPSA) is 69.6 Å². The van der Waals surface area contributed by atoms with Crippen LogP contribution in [0.25, 0.3) is 0 Å². The lowest BCUT2D eigenvalue weighted by atomic mass is 10.2. The molecule has 1 saturated carbocycles. The average molecular weight is 274 g/mol. The summed E-state index contributed by atoms with van der Waals surface area (Å²) in [6, 6.07) is 7.73. The third kappa shape index (κ3) is 2.48. The number of carboxylic acids is 1. The molecule has 0 aromatic heterocycles. The number of carboxylic acid groups (broad SMARTS) is 1. The van der Waals surface area contributed by atoms with Gasteiger partial charge in [-0.3, -0.25) is 9.59 Å². The fraction of sp³-hybridized carbons (Fsp3) is 0.467. The first-order chi connectivity index (χ1) is 9.66. The summed E-state index contributed by atoms with van der Waals surface area (Å²) < 4.78 is 0. The number of hydrogen-bond donors (Lipinski definition) is 2. The van der Waals surface area contributed by atoms with E-state index in [2.05, 4.69) is 10.2 Å². The predicted molar refractivity (Wildman–Crippen MR) is 75.8 cm³/mol. The number of aliphatic carboxylic acids is 1. The van der Waals surface area contributed by atoms with Crippen LogP contribution in [-0.2, 0) is 9.59 Å². The molecule has 1 heterocycles. The van der Waals surface area contributed by atoms with Crippen molar-refractivity contribution in [2.24, 2.45) is 11.8 Å². The highest BCUT2D eigenvalue weighted by atomic mass is 16.4. The number of nitrogens with one attached hydrogen (secondary N) is 1. The molecule has 5 nitrogen and oxygen atoms in total. The summed E-state index contributed by atoms with van der Waals surface area (Å²) in [7, 11) is 0. The lowest BCUT2D eigenvalue weighted by Crippen LogP contribution is -2.22. The van der Waals surface area contributed by atoms with Gasteiger partial charge in [0, 0.05) is 13.1 Å². The summed E-state index contributed by atoms with van der Waals surface area (Å²) in [4.78, 5) is 25.1. The number of benzene rings is 1. The zero-order chi connectivity index (χ0) is 14.1. The quantitative estimate of drug-likeness (QED) is 0.880. The number of amides is 1.